The van der Waals surface area contributed by atoms with Crippen molar-refractivity contribution < 1.29 is 9.53 Å². The zero-order chi connectivity index (χ0) is 12.8. The van der Waals surface area contributed by atoms with Crippen LogP contribution >= 0.6 is 11.6 Å². The standard InChI is InChI=1S/C15H19ClO2/c16-13-8-4-5-9-15(13)18-11-10-14(17)12-6-2-1-3-7-12/h4-5,8-9,12H,1-3,6-7,10-11H2. The van der Waals surface area contributed by atoms with Gasteiger partial charge in [0.05, 0.1) is 11.6 Å². The summed E-state index contributed by atoms with van der Waals surface area (Å²) in [5.41, 5.74) is 0. The smallest absolute Gasteiger partial charge is 0.139 e. The molecule has 2 rings (SSSR count). The Labute approximate surface area is 113 Å². The molecular formula is C15H19ClO2. The number of carbonyl (C=O) groups excluding carboxylic acids is 1. The lowest BCUT2D eigenvalue weighted by Gasteiger charge is -2.20. The molecular weight excluding hydrogens is 248 g/mol. The highest BCUT2D eigenvalue weighted by molar-refractivity contribution is 6.32. The van der Waals surface area contributed by atoms with Crippen LogP contribution in [0, 0.1) is 5.92 Å². The first-order chi connectivity index (χ1) is 8.77. The minimum atomic E-state index is 0.272. The second kappa shape index (κ2) is 6.79. The van der Waals surface area contributed by atoms with E-state index in [1.54, 1.807) is 6.07 Å². The van der Waals surface area contributed by atoms with Crippen LogP contribution in [-0.2, 0) is 4.79 Å². The molecule has 0 N–H and O–H groups in total. The van der Waals surface area contributed by atoms with Crippen LogP contribution in [0.15, 0.2) is 24.3 Å². The van der Waals surface area contributed by atoms with Crippen LogP contribution < -0.4 is 4.74 Å². The molecule has 1 aliphatic rings. The van der Waals surface area contributed by atoms with Gasteiger partial charge in [-0.1, -0.05) is 43.0 Å². The molecule has 0 atom stereocenters. The summed E-state index contributed by atoms with van der Waals surface area (Å²) in [7, 11) is 0. The Hall–Kier alpha value is -1.02. The molecule has 18 heavy (non-hydrogen) atoms. The predicted molar refractivity (Wildman–Crippen MR) is 73.1 cm³/mol. The molecule has 0 amide bonds. The fraction of sp³-hybridized carbons (Fsp3) is 0.533. The molecule has 98 valence electrons. The lowest BCUT2D eigenvalue weighted by Crippen LogP contribution is -2.19. The first-order valence-electron chi connectivity index (χ1n) is 6.67. The van der Waals surface area contributed by atoms with Crippen LogP contribution in [0.4, 0.5) is 0 Å². The SMILES string of the molecule is O=C(CCOc1ccccc1Cl)C1CCCCC1. The molecule has 1 aliphatic carbocycles. The molecule has 0 spiro atoms. The number of para-hydroxylation sites is 1. The van der Waals surface area contributed by atoms with E-state index in [0.29, 0.717) is 29.6 Å². The van der Waals surface area contributed by atoms with Gasteiger partial charge in [-0.15, -0.1) is 0 Å². The summed E-state index contributed by atoms with van der Waals surface area (Å²) in [6, 6.07) is 7.36. The van der Waals surface area contributed by atoms with Crippen molar-refractivity contribution in [1.82, 2.24) is 0 Å². The third kappa shape index (κ3) is 3.74. The molecule has 2 nitrogen and oxygen atoms in total. The molecule has 1 fully saturated rings. The van der Waals surface area contributed by atoms with Crippen molar-refractivity contribution in [3.63, 3.8) is 0 Å². The van der Waals surface area contributed by atoms with Crippen molar-refractivity contribution >= 4 is 17.4 Å². The van der Waals surface area contributed by atoms with Crippen molar-refractivity contribution in [2.75, 3.05) is 6.61 Å². The number of benzene rings is 1. The number of Topliss-reactive ketones (excluding diaryl/α,β-unsaturated/α-hetero) is 1. The second-order valence-corrected chi connectivity index (χ2v) is 5.24. The van der Waals surface area contributed by atoms with Gasteiger partial charge in [0.25, 0.3) is 0 Å². The van der Waals surface area contributed by atoms with Gasteiger partial charge in [0.15, 0.2) is 0 Å². The summed E-state index contributed by atoms with van der Waals surface area (Å²) >= 11 is 5.98. The van der Waals surface area contributed by atoms with Crippen LogP contribution in [0.5, 0.6) is 5.75 Å². The molecule has 0 aromatic heterocycles. The van der Waals surface area contributed by atoms with E-state index in [1.807, 2.05) is 18.2 Å². The van der Waals surface area contributed by atoms with Gasteiger partial charge >= 0.3 is 0 Å². The Morgan fingerprint density at radius 1 is 1.22 bits per heavy atom. The lowest BCUT2D eigenvalue weighted by atomic mass is 9.85. The molecule has 0 radical (unpaired) electrons. The number of hydrogen-bond acceptors (Lipinski definition) is 2. The van der Waals surface area contributed by atoms with Crippen molar-refractivity contribution in [2.24, 2.45) is 5.92 Å². The Morgan fingerprint density at radius 3 is 2.67 bits per heavy atom. The third-order valence-electron chi connectivity index (χ3n) is 3.50. The fourth-order valence-corrected chi connectivity index (χ4v) is 2.64. The largest absolute Gasteiger partial charge is 0.492 e. The molecule has 0 bridgehead atoms. The van der Waals surface area contributed by atoms with Crippen LogP contribution in [-0.4, -0.2) is 12.4 Å². The van der Waals surface area contributed by atoms with Crippen molar-refractivity contribution in [3.8, 4) is 5.75 Å². The van der Waals surface area contributed by atoms with Gasteiger partial charge in [0.1, 0.15) is 11.5 Å². The van der Waals surface area contributed by atoms with E-state index >= 15 is 0 Å². The maximum Gasteiger partial charge on any atom is 0.139 e. The van der Waals surface area contributed by atoms with Crippen molar-refractivity contribution in [2.45, 2.75) is 38.5 Å². The van der Waals surface area contributed by atoms with E-state index < -0.39 is 0 Å². The zero-order valence-corrected chi connectivity index (χ0v) is 11.3. The highest BCUT2D eigenvalue weighted by Gasteiger charge is 2.20. The predicted octanol–water partition coefficient (Wildman–Crippen LogP) is 4.26. The molecule has 0 unspecified atom stereocenters. The summed E-state index contributed by atoms with van der Waals surface area (Å²) in [4.78, 5) is 12.0. The van der Waals surface area contributed by atoms with E-state index in [9.17, 15) is 4.79 Å². The molecule has 0 heterocycles. The zero-order valence-electron chi connectivity index (χ0n) is 10.5. The summed E-state index contributed by atoms with van der Waals surface area (Å²) in [5, 5.41) is 0.600. The van der Waals surface area contributed by atoms with Crippen molar-refractivity contribution in [1.29, 1.82) is 0 Å². The summed E-state index contributed by atoms with van der Waals surface area (Å²) < 4.78 is 5.55. The monoisotopic (exact) mass is 266 g/mol. The number of hydrogen-bond donors (Lipinski definition) is 0. The summed E-state index contributed by atoms with van der Waals surface area (Å²) in [6.45, 7) is 0.430. The Kier molecular flexibility index (Phi) is 5.06. The minimum Gasteiger partial charge on any atom is -0.492 e. The van der Waals surface area contributed by atoms with Gasteiger partial charge in [0.2, 0.25) is 0 Å². The summed E-state index contributed by atoms with van der Waals surface area (Å²) in [6.07, 6.45) is 6.29. The molecule has 3 heteroatoms. The first kappa shape index (κ1) is 13.4. The van der Waals surface area contributed by atoms with Crippen LogP contribution in [0.25, 0.3) is 0 Å². The lowest BCUT2D eigenvalue weighted by molar-refractivity contribution is -0.124. The minimum absolute atomic E-state index is 0.272. The van der Waals surface area contributed by atoms with Crippen LogP contribution in [0.1, 0.15) is 38.5 Å². The molecule has 1 saturated carbocycles. The fourth-order valence-electron chi connectivity index (χ4n) is 2.45. The van der Waals surface area contributed by atoms with Gasteiger partial charge < -0.3 is 4.74 Å². The number of ketones is 1. The average Bonchev–Trinajstić information content (AvgIpc) is 2.42. The first-order valence-corrected chi connectivity index (χ1v) is 7.05. The van der Waals surface area contributed by atoms with Gasteiger partial charge in [0, 0.05) is 12.3 Å². The number of carbonyl (C=O) groups is 1. The highest BCUT2D eigenvalue weighted by atomic mass is 35.5. The molecule has 1 aromatic rings. The average molecular weight is 267 g/mol. The third-order valence-corrected chi connectivity index (χ3v) is 3.82. The molecule has 1 aromatic carbocycles. The van der Waals surface area contributed by atoms with Crippen molar-refractivity contribution in [3.05, 3.63) is 29.3 Å². The van der Waals surface area contributed by atoms with Gasteiger partial charge in [-0.2, -0.15) is 0 Å². The molecule has 0 saturated heterocycles. The Morgan fingerprint density at radius 2 is 1.94 bits per heavy atom. The topological polar surface area (TPSA) is 26.3 Å². The number of halogens is 1. The second-order valence-electron chi connectivity index (χ2n) is 4.83. The number of ether oxygens (including phenoxy) is 1. The summed E-state index contributed by atoms with van der Waals surface area (Å²) in [5.74, 6) is 1.28. The highest BCUT2D eigenvalue weighted by Crippen LogP contribution is 2.26. The van der Waals surface area contributed by atoms with Crippen LogP contribution in [0.2, 0.25) is 5.02 Å². The molecule has 0 aliphatic heterocycles. The van der Waals surface area contributed by atoms with Gasteiger partial charge in [-0.3, -0.25) is 4.79 Å². The van der Waals surface area contributed by atoms with E-state index in [4.69, 9.17) is 16.3 Å². The number of rotatable bonds is 5. The maximum atomic E-state index is 12.0. The quantitative estimate of drug-likeness (QED) is 0.796. The van der Waals surface area contributed by atoms with E-state index in [2.05, 4.69) is 0 Å². The van der Waals surface area contributed by atoms with Gasteiger partial charge in [-0.05, 0) is 25.0 Å². The Balaban J connectivity index is 1.75. The Bertz CT molecular complexity index is 397. The van der Waals surface area contributed by atoms with E-state index in [1.165, 1.54) is 19.3 Å². The van der Waals surface area contributed by atoms with Crippen LogP contribution in [0.3, 0.4) is 0 Å². The van der Waals surface area contributed by atoms with Gasteiger partial charge in [-0.25, -0.2) is 0 Å². The van der Waals surface area contributed by atoms with E-state index in [-0.39, 0.29) is 5.92 Å². The maximum absolute atomic E-state index is 12.0. The van der Waals surface area contributed by atoms with E-state index in [0.717, 1.165) is 12.8 Å². The normalized spacial score (nSPS) is 16.5.